The van der Waals surface area contributed by atoms with E-state index in [1.807, 2.05) is 13.0 Å². The number of aromatic nitrogens is 1. The van der Waals surface area contributed by atoms with Gasteiger partial charge in [0.05, 0.1) is 36.8 Å². The summed E-state index contributed by atoms with van der Waals surface area (Å²) in [6, 6.07) is 6.92. The fourth-order valence-corrected chi connectivity index (χ4v) is 5.88. The van der Waals surface area contributed by atoms with Crippen molar-refractivity contribution in [3.8, 4) is 17.2 Å². The molecule has 4 rings (SSSR count). The molecule has 1 aliphatic rings. The van der Waals surface area contributed by atoms with Gasteiger partial charge in [0.25, 0.3) is 17.7 Å². The maximum absolute atomic E-state index is 13.3. The van der Waals surface area contributed by atoms with Gasteiger partial charge in [-0.3, -0.25) is 25.2 Å². The summed E-state index contributed by atoms with van der Waals surface area (Å²) < 4.78 is 16.2. The molecule has 0 bridgehead atoms. The van der Waals surface area contributed by atoms with Crippen molar-refractivity contribution < 1.29 is 28.6 Å². The Morgan fingerprint density at radius 3 is 2.27 bits per heavy atom. The topological polar surface area (TPSA) is 119 Å². The molecule has 0 spiro atoms. The van der Waals surface area contributed by atoms with Crippen molar-refractivity contribution in [1.82, 2.24) is 20.7 Å². The predicted molar refractivity (Wildman–Crippen MR) is 140 cm³/mol. The number of methoxy groups -OCH3 is 3. The number of carbonyl (C=O) groups excluding carboxylic acids is 3. The van der Waals surface area contributed by atoms with Crippen LogP contribution in [-0.2, 0) is 0 Å². The van der Waals surface area contributed by atoms with Gasteiger partial charge in [-0.25, -0.2) is 4.98 Å². The Balaban J connectivity index is 1.34. The summed E-state index contributed by atoms with van der Waals surface area (Å²) in [7, 11) is 4.52. The molecule has 2 aromatic heterocycles. The highest BCUT2D eigenvalue weighted by Gasteiger charge is 2.30. The molecule has 37 heavy (non-hydrogen) atoms. The SMILES string of the molecule is COc1ccc(C(=O)N2CCC(c3nc(C(=O)NNC(=O)c4ccc(C)s4)cs3)CC2)c(OC)c1OC. The van der Waals surface area contributed by atoms with Crippen molar-refractivity contribution >= 4 is 40.4 Å². The number of hydrogen-bond donors (Lipinski definition) is 2. The number of hydrazine groups is 1. The minimum Gasteiger partial charge on any atom is -0.493 e. The van der Waals surface area contributed by atoms with Crippen LogP contribution in [0.25, 0.3) is 0 Å². The molecule has 0 aliphatic carbocycles. The van der Waals surface area contributed by atoms with Crippen LogP contribution in [0.3, 0.4) is 0 Å². The van der Waals surface area contributed by atoms with Crippen LogP contribution in [0.2, 0.25) is 0 Å². The summed E-state index contributed by atoms with van der Waals surface area (Å²) in [6.07, 6.45) is 1.43. The Morgan fingerprint density at radius 1 is 0.946 bits per heavy atom. The Bertz CT molecular complexity index is 1300. The number of hydrogen-bond acceptors (Lipinski definition) is 9. The molecule has 3 amide bonds. The predicted octanol–water partition coefficient (Wildman–Crippen LogP) is 3.63. The smallest absolute Gasteiger partial charge is 0.289 e. The Kier molecular flexibility index (Phi) is 8.29. The highest BCUT2D eigenvalue weighted by molar-refractivity contribution is 7.14. The van der Waals surface area contributed by atoms with Crippen LogP contribution in [0.4, 0.5) is 0 Å². The van der Waals surface area contributed by atoms with E-state index < -0.39 is 5.91 Å². The van der Waals surface area contributed by atoms with E-state index in [9.17, 15) is 14.4 Å². The molecule has 1 fully saturated rings. The van der Waals surface area contributed by atoms with Gasteiger partial charge < -0.3 is 19.1 Å². The van der Waals surface area contributed by atoms with E-state index in [2.05, 4.69) is 15.8 Å². The second-order valence-electron chi connectivity index (χ2n) is 8.34. The summed E-state index contributed by atoms with van der Waals surface area (Å²) in [5.74, 6) is 0.340. The van der Waals surface area contributed by atoms with E-state index in [4.69, 9.17) is 14.2 Å². The lowest BCUT2D eigenvalue weighted by Gasteiger charge is -2.31. The molecule has 10 nitrogen and oxygen atoms in total. The molecule has 0 atom stereocenters. The standard InChI is InChI=1S/C25H28N4O6S2/c1-14-5-8-19(37-14)23(31)28-27-22(30)17-13-36-24(26-17)15-9-11-29(12-10-15)25(32)16-6-7-18(33-2)21(35-4)20(16)34-3/h5-8,13,15H,9-12H2,1-4H3,(H,27,30)(H,28,31). The van der Waals surface area contributed by atoms with Gasteiger partial charge in [0.2, 0.25) is 5.75 Å². The number of piperidine rings is 1. The van der Waals surface area contributed by atoms with E-state index in [1.54, 1.807) is 28.5 Å². The van der Waals surface area contributed by atoms with Gasteiger partial charge in [0.15, 0.2) is 11.5 Å². The number of nitrogens with one attached hydrogen (secondary N) is 2. The van der Waals surface area contributed by atoms with E-state index >= 15 is 0 Å². The molecule has 1 saturated heterocycles. The van der Waals surface area contributed by atoms with Crippen LogP contribution < -0.4 is 25.1 Å². The van der Waals surface area contributed by atoms with Crippen LogP contribution in [0, 0.1) is 6.92 Å². The zero-order valence-corrected chi connectivity index (χ0v) is 22.6. The summed E-state index contributed by atoms with van der Waals surface area (Å²) in [5, 5.41) is 2.51. The van der Waals surface area contributed by atoms with Gasteiger partial charge in [-0.15, -0.1) is 22.7 Å². The fraction of sp³-hybridized carbons (Fsp3) is 0.360. The monoisotopic (exact) mass is 544 g/mol. The number of thiazole rings is 1. The number of amides is 3. The van der Waals surface area contributed by atoms with Crippen molar-refractivity contribution in [3.63, 3.8) is 0 Å². The van der Waals surface area contributed by atoms with Crippen LogP contribution in [0.5, 0.6) is 17.2 Å². The lowest BCUT2D eigenvalue weighted by molar-refractivity contribution is 0.0708. The maximum Gasteiger partial charge on any atom is 0.289 e. The van der Waals surface area contributed by atoms with Gasteiger partial charge in [0.1, 0.15) is 5.69 Å². The zero-order valence-electron chi connectivity index (χ0n) is 21.0. The molecule has 3 heterocycles. The van der Waals surface area contributed by atoms with Gasteiger partial charge in [0, 0.05) is 29.3 Å². The fourth-order valence-electron chi connectivity index (χ4n) is 4.14. The van der Waals surface area contributed by atoms with Crippen LogP contribution in [-0.4, -0.2) is 62.0 Å². The molecule has 0 radical (unpaired) electrons. The molecule has 2 N–H and O–H groups in total. The minimum atomic E-state index is -0.475. The van der Waals surface area contributed by atoms with Gasteiger partial charge >= 0.3 is 0 Å². The number of ether oxygens (including phenoxy) is 3. The van der Waals surface area contributed by atoms with Crippen molar-refractivity contribution in [3.05, 3.63) is 55.7 Å². The highest BCUT2D eigenvalue weighted by Crippen LogP contribution is 2.40. The first-order valence-corrected chi connectivity index (χ1v) is 13.3. The van der Waals surface area contributed by atoms with Crippen molar-refractivity contribution in [2.75, 3.05) is 34.4 Å². The van der Waals surface area contributed by atoms with Crippen LogP contribution >= 0.6 is 22.7 Å². The first-order chi connectivity index (χ1) is 17.9. The van der Waals surface area contributed by atoms with Crippen molar-refractivity contribution in [2.45, 2.75) is 25.7 Å². The normalized spacial score (nSPS) is 13.7. The van der Waals surface area contributed by atoms with E-state index in [0.29, 0.717) is 53.6 Å². The highest BCUT2D eigenvalue weighted by atomic mass is 32.1. The quantitative estimate of drug-likeness (QED) is 0.436. The molecule has 1 aromatic carbocycles. The Hall–Kier alpha value is -3.64. The molecule has 3 aromatic rings. The number of aryl methyl sites for hydroxylation is 1. The zero-order chi connectivity index (χ0) is 26.5. The van der Waals surface area contributed by atoms with E-state index in [1.165, 1.54) is 44.0 Å². The summed E-state index contributed by atoms with van der Waals surface area (Å²) in [5.41, 5.74) is 5.50. The molecule has 0 unspecified atom stereocenters. The number of likely N-dealkylation sites (tertiary alicyclic amines) is 1. The Labute approximate surface area is 222 Å². The number of benzene rings is 1. The average Bonchev–Trinajstić information content (AvgIpc) is 3.60. The molecule has 196 valence electrons. The summed E-state index contributed by atoms with van der Waals surface area (Å²) in [4.78, 5) is 45.7. The summed E-state index contributed by atoms with van der Waals surface area (Å²) in [6.45, 7) is 2.99. The largest absolute Gasteiger partial charge is 0.493 e. The second-order valence-corrected chi connectivity index (χ2v) is 10.5. The van der Waals surface area contributed by atoms with Gasteiger partial charge in [-0.05, 0) is 44.0 Å². The van der Waals surface area contributed by atoms with Crippen molar-refractivity contribution in [1.29, 1.82) is 0 Å². The maximum atomic E-state index is 13.3. The number of rotatable bonds is 7. The van der Waals surface area contributed by atoms with Gasteiger partial charge in [-0.1, -0.05) is 0 Å². The van der Waals surface area contributed by atoms with Crippen LogP contribution in [0.15, 0.2) is 29.6 Å². The third-order valence-corrected chi connectivity index (χ3v) is 8.08. The lowest BCUT2D eigenvalue weighted by Crippen LogP contribution is -2.41. The number of carbonyl (C=O) groups is 3. The third-order valence-electron chi connectivity index (χ3n) is 6.07. The second kappa shape index (κ2) is 11.6. The number of nitrogens with zero attached hydrogens (tertiary/aromatic N) is 2. The average molecular weight is 545 g/mol. The molecule has 12 heteroatoms. The molecular formula is C25H28N4O6S2. The third kappa shape index (κ3) is 5.70. The van der Waals surface area contributed by atoms with Crippen LogP contribution in [0.1, 0.15) is 59.2 Å². The first kappa shape index (κ1) is 26.4. The molecule has 0 saturated carbocycles. The van der Waals surface area contributed by atoms with Gasteiger partial charge in [-0.2, -0.15) is 0 Å². The number of thiophene rings is 1. The molecular weight excluding hydrogens is 516 g/mol. The lowest BCUT2D eigenvalue weighted by atomic mass is 9.97. The molecule has 1 aliphatic heterocycles. The van der Waals surface area contributed by atoms with E-state index in [-0.39, 0.29) is 23.4 Å². The Morgan fingerprint density at radius 2 is 1.65 bits per heavy atom. The first-order valence-electron chi connectivity index (χ1n) is 11.6. The van der Waals surface area contributed by atoms with Crippen molar-refractivity contribution in [2.24, 2.45) is 0 Å². The minimum absolute atomic E-state index is 0.131. The van der Waals surface area contributed by atoms with E-state index in [0.717, 1.165) is 9.88 Å². The summed E-state index contributed by atoms with van der Waals surface area (Å²) >= 11 is 2.75.